The van der Waals surface area contributed by atoms with Gasteiger partial charge in [-0.15, -0.1) is 0 Å². The number of hydrogen-bond acceptors (Lipinski definition) is 5. The number of halogens is 3. The highest BCUT2D eigenvalue weighted by atomic mass is 19.4. The SMILES string of the molecule is COc1cc2c(cc1OC)CN(C(=O)Cn1c(C(F)(F)F)ccc(C(N)=O)c1=O)CC2. The molecule has 1 aliphatic rings. The Balaban J connectivity index is 1.92. The Kier molecular flexibility index (Phi) is 5.96. The molecule has 0 fully saturated rings. The molecule has 0 radical (unpaired) electrons. The minimum atomic E-state index is -4.89. The highest BCUT2D eigenvalue weighted by molar-refractivity contribution is 5.92. The lowest BCUT2D eigenvalue weighted by atomic mass is 9.98. The summed E-state index contributed by atoms with van der Waals surface area (Å²) in [5.74, 6) is -0.881. The molecule has 0 spiro atoms. The van der Waals surface area contributed by atoms with Crippen molar-refractivity contribution in [2.75, 3.05) is 20.8 Å². The van der Waals surface area contributed by atoms with Gasteiger partial charge in [0.2, 0.25) is 5.91 Å². The summed E-state index contributed by atoms with van der Waals surface area (Å²) < 4.78 is 50.9. The predicted octanol–water partition coefficient (Wildman–Crippen LogP) is 1.57. The summed E-state index contributed by atoms with van der Waals surface area (Å²) in [5.41, 5.74) is 3.53. The van der Waals surface area contributed by atoms with E-state index in [0.29, 0.717) is 30.1 Å². The molecule has 0 unspecified atom stereocenters. The second-order valence-electron chi connectivity index (χ2n) is 6.93. The Morgan fingerprint density at radius 2 is 1.71 bits per heavy atom. The van der Waals surface area contributed by atoms with Crippen molar-refractivity contribution >= 4 is 11.8 Å². The quantitative estimate of drug-likeness (QED) is 0.762. The van der Waals surface area contributed by atoms with Gasteiger partial charge in [0.15, 0.2) is 11.5 Å². The molecule has 0 atom stereocenters. The lowest BCUT2D eigenvalue weighted by molar-refractivity contribution is -0.146. The molecule has 166 valence electrons. The van der Waals surface area contributed by atoms with Crippen molar-refractivity contribution in [3.63, 3.8) is 0 Å². The first-order valence-corrected chi connectivity index (χ1v) is 9.19. The number of methoxy groups -OCH3 is 2. The maximum Gasteiger partial charge on any atom is 0.431 e. The van der Waals surface area contributed by atoms with E-state index in [-0.39, 0.29) is 17.7 Å². The summed E-state index contributed by atoms with van der Waals surface area (Å²) in [4.78, 5) is 37.9. The van der Waals surface area contributed by atoms with Gasteiger partial charge < -0.3 is 20.1 Å². The van der Waals surface area contributed by atoms with E-state index in [1.807, 2.05) is 0 Å². The van der Waals surface area contributed by atoms with E-state index in [4.69, 9.17) is 15.2 Å². The topological polar surface area (TPSA) is 104 Å². The Hall–Kier alpha value is -3.50. The van der Waals surface area contributed by atoms with Crippen molar-refractivity contribution in [3.05, 3.63) is 57.0 Å². The molecular weight excluding hydrogens is 419 g/mol. The van der Waals surface area contributed by atoms with E-state index in [9.17, 15) is 27.6 Å². The number of alkyl halides is 3. The molecular formula is C20H20F3N3O5. The second-order valence-corrected chi connectivity index (χ2v) is 6.93. The summed E-state index contributed by atoms with van der Waals surface area (Å²) >= 11 is 0. The molecule has 3 rings (SSSR count). The fourth-order valence-electron chi connectivity index (χ4n) is 3.50. The van der Waals surface area contributed by atoms with Crippen molar-refractivity contribution in [1.29, 1.82) is 0 Å². The zero-order valence-corrected chi connectivity index (χ0v) is 16.8. The van der Waals surface area contributed by atoms with Crippen LogP contribution >= 0.6 is 0 Å². The fourth-order valence-corrected chi connectivity index (χ4v) is 3.50. The van der Waals surface area contributed by atoms with Crippen LogP contribution in [0.5, 0.6) is 11.5 Å². The highest BCUT2D eigenvalue weighted by Crippen LogP contribution is 2.33. The average molecular weight is 439 g/mol. The Labute approximate surface area is 175 Å². The number of hydrogen-bond donors (Lipinski definition) is 1. The van der Waals surface area contributed by atoms with Crippen molar-refractivity contribution in [3.8, 4) is 11.5 Å². The number of rotatable bonds is 5. The number of nitrogens with two attached hydrogens (primary N) is 1. The molecule has 0 bridgehead atoms. The predicted molar refractivity (Wildman–Crippen MR) is 103 cm³/mol. The number of amides is 2. The minimum absolute atomic E-state index is 0.125. The van der Waals surface area contributed by atoms with E-state index in [1.165, 1.54) is 19.1 Å². The molecule has 2 heterocycles. The molecule has 0 saturated heterocycles. The van der Waals surface area contributed by atoms with Crippen LogP contribution in [0.2, 0.25) is 0 Å². The lowest BCUT2D eigenvalue weighted by Crippen LogP contribution is -2.42. The number of nitrogens with zero attached hydrogens (tertiary/aromatic N) is 2. The summed E-state index contributed by atoms with van der Waals surface area (Å²) in [7, 11) is 2.96. The van der Waals surface area contributed by atoms with E-state index in [2.05, 4.69) is 0 Å². The summed E-state index contributed by atoms with van der Waals surface area (Å²) in [5, 5.41) is 0. The number of fused-ring (bicyclic) bond motifs is 1. The molecule has 2 amide bonds. The molecule has 2 aromatic rings. The zero-order chi connectivity index (χ0) is 22.9. The number of carbonyl (C=O) groups excluding carboxylic acids is 2. The number of pyridine rings is 1. The molecule has 1 aromatic heterocycles. The van der Waals surface area contributed by atoms with Crippen LogP contribution in [-0.2, 0) is 30.5 Å². The number of ether oxygens (including phenoxy) is 2. The normalized spacial score (nSPS) is 13.5. The van der Waals surface area contributed by atoms with E-state index in [0.717, 1.165) is 11.1 Å². The fraction of sp³-hybridized carbons (Fsp3) is 0.350. The molecule has 8 nitrogen and oxygen atoms in total. The van der Waals surface area contributed by atoms with E-state index in [1.54, 1.807) is 12.1 Å². The first-order chi connectivity index (χ1) is 14.6. The maximum atomic E-state index is 13.4. The van der Waals surface area contributed by atoms with Crippen LogP contribution < -0.4 is 20.8 Å². The smallest absolute Gasteiger partial charge is 0.431 e. The molecule has 1 aliphatic heterocycles. The molecule has 31 heavy (non-hydrogen) atoms. The van der Waals surface area contributed by atoms with Crippen molar-refractivity contribution in [2.45, 2.75) is 25.7 Å². The minimum Gasteiger partial charge on any atom is -0.493 e. The maximum absolute atomic E-state index is 13.4. The van der Waals surface area contributed by atoms with Crippen LogP contribution in [-0.4, -0.2) is 42.0 Å². The molecule has 1 aromatic carbocycles. The Morgan fingerprint density at radius 1 is 1.10 bits per heavy atom. The molecule has 0 aliphatic carbocycles. The summed E-state index contributed by atoms with van der Waals surface area (Å²) in [6.07, 6.45) is -4.45. The van der Waals surface area contributed by atoms with Gasteiger partial charge in [0.1, 0.15) is 17.8 Å². The third kappa shape index (κ3) is 4.35. The highest BCUT2D eigenvalue weighted by Gasteiger charge is 2.36. The van der Waals surface area contributed by atoms with Crippen LogP contribution in [0.25, 0.3) is 0 Å². The largest absolute Gasteiger partial charge is 0.493 e. The third-order valence-electron chi connectivity index (χ3n) is 5.09. The van der Waals surface area contributed by atoms with E-state index < -0.39 is 41.4 Å². The van der Waals surface area contributed by atoms with E-state index >= 15 is 0 Å². The van der Waals surface area contributed by atoms with Crippen LogP contribution in [0.3, 0.4) is 0 Å². The summed E-state index contributed by atoms with van der Waals surface area (Å²) in [6, 6.07) is 4.77. The van der Waals surface area contributed by atoms with Gasteiger partial charge in [-0.2, -0.15) is 13.2 Å². The first kappa shape index (κ1) is 22.2. The number of carbonyl (C=O) groups is 2. The number of benzene rings is 1. The van der Waals surface area contributed by atoms with Gasteiger partial charge in [0, 0.05) is 13.1 Å². The van der Waals surface area contributed by atoms with Gasteiger partial charge >= 0.3 is 6.18 Å². The zero-order valence-electron chi connectivity index (χ0n) is 16.8. The molecule has 0 saturated carbocycles. The number of aromatic nitrogens is 1. The average Bonchev–Trinajstić information content (AvgIpc) is 2.72. The first-order valence-electron chi connectivity index (χ1n) is 9.19. The summed E-state index contributed by atoms with van der Waals surface area (Å²) in [6.45, 7) is -0.509. The van der Waals surface area contributed by atoms with Gasteiger partial charge in [0.05, 0.1) is 14.2 Å². The van der Waals surface area contributed by atoms with Crippen LogP contribution in [0, 0.1) is 0 Å². The third-order valence-corrected chi connectivity index (χ3v) is 5.09. The monoisotopic (exact) mass is 439 g/mol. The molecule has 2 N–H and O–H groups in total. The Morgan fingerprint density at radius 3 is 2.26 bits per heavy atom. The van der Waals surface area contributed by atoms with Gasteiger partial charge in [-0.05, 0) is 41.8 Å². The lowest BCUT2D eigenvalue weighted by Gasteiger charge is -2.30. The van der Waals surface area contributed by atoms with Gasteiger partial charge in [0.25, 0.3) is 11.5 Å². The Bertz CT molecular complexity index is 1090. The van der Waals surface area contributed by atoms with Crippen LogP contribution in [0.4, 0.5) is 13.2 Å². The van der Waals surface area contributed by atoms with Crippen molar-refractivity contribution in [1.82, 2.24) is 9.47 Å². The molecule has 11 heteroatoms. The second kappa shape index (κ2) is 8.32. The van der Waals surface area contributed by atoms with Gasteiger partial charge in [-0.25, -0.2) is 0 Å². The van der Waals surface area contributed by atoms with Gasteiger partial charge in [-0.3, -0.25) is 19.0 Å². The van der Waals surface area contributed by atoms with Crippen molar-refractivity contribution < 1.29 is 32.2 Å². The standard InChI is InChI=1S/C20H20F3N3O5/c1-30-14-7-11-5-6-25(9-12(11)8-15(14)31-2)17(27)10-26-16(20(21,22)23)4-3-13(18(24)28)19(26)29/h3-4,7-8H,5-6,9-10H2,1-2H3,(H2,24,28). The number of primary amides is 1. The van der Waals surface area contributed by atoms with Crippen LogP contribution in [0.1, 0.15) is 27.2 Å². The van der Waals surface area contributed by atoms with Crippen LogP contribution in [0.15, 0.2) is 29.1 Å². The van der Waals surface area contributed by atoms with Gasteiger partial charge in [-0.1, -0.05) is 0 Å². The van der Waals surface area contributed by atoms with Crippen molar-refractivity contribution in [2.24, 2.45) is 5.73 Å².